The fraction of sp³-hybridized carbons (Fsp3) is 0. The Hall–Kier alpha value is -1.73. The van der Waals surface area contributed by atoms with Crippen LogP contribution in [0, 0.1) is 10.1 Å². The zero-order chi connectivity index (χ0) is 13.4. The van der Waals surface area contributed by atoms with Crippen molar-refractivity contribution >= 4 is 49.9 Å². The van der Waals surface area contributed by atoms with E-state index in [2.05, 4.69) is 20.9 Å². The Morgan fingerprint density at radius 3 is 2.67 bits per heavy atom. The van der Waals surface area contributed by atoms with E-state index in [-0.39, 0.29) is 27.2 Å². The van der Waals surface area contributed by atoms with Gasteiger partial charge in [-0.2, -0.15) is 0 Å². The van der Waals surface area contributed by atoms with Crippen LogP contribution in [-0.2, 0) is 0 Å². The number of non-ortho nitro benzene ring substituents is 1. The minimum atomic E-state index is -0.796. The normalized spacial score (nSPS) is 10.6. The number of nitrogens with zero attached hydrogens (tertiary/aromatic N) is 2. The maximum atomic E-state index is 11.3. The van der Waals surface area contributed by atoms with Gasteiger partial charge in [-0.15, -0.1) is 0 Å². The predicted octanol–water partition coefficient (Wildman–Crippen LogP) is 2.66. The van der Waals surface area contributed by atoms with Crippen molar-refractivity contribution in [3.05, 3.63) is 43.6 Å². The zero-order valence-electron chi connectivity index (χ0n) is 8.68. The highest BCUT2D eigenvalue weighted by molar-refractivity contribution is 9.10. The molecule has 0 bridgehead atoms. The second-order valence-corrected chi connectivity index (χ2v) is 4.65. The number of fused-ring (bicyclic) bond motifs is 1. The topological polar surface area (TPSA) is 99.1 Å². The third-order valence-corrected chi connectivity index (χ3v) is 3.26. The van der Waals surface area contributed by atoms with Gasteiger partial charge in [0.1, 0.15) is 5.69 Å². The molecular formula is C10H5BrClN3O3. The lowest BCUT2D eigenvalue weighted by molar-refractivity contribution is -0.383. The van der Waals surface area contributed by atoms with Crippen molar-refractivity contribution in [2.24, 2.45) is 5.73 Å². The molecule has 2 aromatic rings. The highest BCUT2D eigenvalue weighted by Gasteiger charge is 2.21. The lowest BCUT2D eigenvalue weighted by Gasteiger charge is -2.07. The smallest absolute Gasteiger partial charge is 0.278 e. The molecule has 0 fully saturated rings. The van der Waals surface area contributed by atoms with Gasteiger partial charge in [-0.3, -0.25) is 14.9 Å². The van der Waals surface area contributed by atoms with Gasteiger partial charge in [0.2, 0.25) is 0 Å². The number of hydrogen-bond acceptors (Lipinski definition) is 4. The number of benzene rings is 1. The van der Waals surface area contributed by atoms with Crippen LogP contribution in [0.25, 0.3) is 10.8 Å². The highest BCUT2D eigenvalue weighted by Crippen LogP contribution is 2.37. The summed E-state index contributed by atoms with van der Waals surface area (Å²) in [5, 5.41) is 11.5. The van der Waals surface area contributed by atoms with Crippen LogP contribution < -0.4 is 5.73 Å². The average Bonchev–Trinajstić information content (AvgIpc) is 2.29. The van der Waals surface area contributed by atoms with Crippen molar-refractivity contribution < 1.29 is 9.72 Å². The molecule has 0 spiro atoms. The molecule has 0 aliphatic heterocycles. The van der Waals surface area contributed by atoms with Gasteiger partial charge >= 0.3 is 0 Å². The molecule has 1 amide bonds. The molecule has 0 saturated carbocycles. The van der Waals surface area contributed by atoms with E-state index in [1.807, 2.05) is 0 Å². The Kier molecular flexibility index (Phi) is 3.18. The van der Waals surface area contributed by atoms with Gasteiger partial charge in [0.25, 0.3) is 11.6 Å². The van der Waals surface area contributed by atoms with E-state index in [9.17, 15) is 14.9 Å². The molecule has 0 saturated heterocycles. The summed E-state index contributed by atoms with van der Waals surface area (Å²) in [5.41, 5.74) is 4.91. The quantitative estimate of drug-likeness (QED) is 0.676. The molecule has 0 atom stereocenters. The van der Waals surface area contributed by atoms with Crippen molar-refractivity contribution in [2.75, 3.05) is 0 Å². The first-order valence-electron chi connectivity index (χ1n) is 4.64. The second-order valence-electron chi connectivity index (χ2n) is 3.39. The molecule has 0 aliphatic rings. The number of hydrogen-bond donors (Lipinski definition) is 1. The molecule has 1 heterocycles. The Balaban J connectivity index is 3.04. The fourth-order valence-corrected chi connectivity index (χ4v) is 2.38. The average molecular weight is 331 g/mol. The number of primary amides is 1. The maximum absolute atomic E-state index is 11.3. The standard InChI is InChI=1S/C10H5BrClN3O3/c11-4-3-14-9(10(13)16)8-5(12)1-2-6(7(4)8)15(17)18/h1-3H,(H2,13,16). The number of nitrogens with two attached hydrogens (primary N) is 1. The Bertz CT molecular complexity index is 630. The molecule has 2 N–H and O–H groups in total. The number of carbonyl (C=O) groups is 1. The number of nitro groups is 1. The summed E-state index contributed by atoms with van der Waals surface area (Å²) < 4.78 is 0.372. The zero-order valence-corrected chi connectivity index (χ0v) is 11.0. The summed E-state index contributed by atoms with van der Waals surface area (Å²) in [5.74, 6) is -0.796. The summed E-state index contributed by atoms with van der Waals surface area (Å²) in [6.45, 7) is 0. The summed E-state index contributed by atoms with van der Waals surface area (Å²) in [7, 11) is 0. The predicted molar refractivity (Wildman–Crippen MR) is 69.6 cm³/mol. The fourth-order valence-electron chi connectivity index (χ4n) is 1.63. The van der Waals surface area contributed by atoms with Gasteiger partial charge in [-0.1, -0.05) is 11.6 Å². The van der Waals surface area contributed by atoms with Crippen LogP contribution in [0.4, 0.5) is 5.69 Å². The van der Waals surface area contributed by atoms with E-state index in [0.29, 0.717) is 4.47 Å². The number of nitro benzene ring substituents is 1. The lowest BCUT2D eigenvalue weighted by Crippen LogP contribution is -2.14. The van der Waals surface area contributed by atoms with Gasteiger partial charge < -0.3 is 5.73 Å². The molecule has 0 radical (unpaired) electrons. The van der Waals surface area contributed by atoms with E-state index < -0.39 is 10.8 Å². The molecule has 6 nitrogen and oxygen atoms in total. The maximum Gasteiger partial charge on any atom is 0.278 e. The number of rotatable bonds is 2. The molecule has 1 aromatic carbocycles. The number of carbonyl (C=O) groups excluding carboxylic acids is 1. The van der Waals surface area contributed by atoms with Crippen LogP contribution >= 0.6 is 27.5 Å². The summed E-state index contributed by atoms with van der Waals surface area (Å²) in [4.78, 5) is 25.5. The van der Waals surface area contributed by atoms with Crippen LogP contribution in [0.2, 0.25) is 5.02 Å². The Morgan fingerprint density at radius 2 is 2.11 bits per heavy atom. The van der Waals surface area contributed by atoms with E-state index >= 15 is 0 Å². The van der Waals surface area contributed by atoms with E-state index in [1.54, 1.807) is 0 Å². The van der Waals surface area contributed by atoms with E-state index in [4.69, 9.17) is 17.3 Å². The number of amides is 1. The van der Waals surface area contributed by atoms with Crippen molar-refractivity contribution in [2.45, 2.75) is 0 Å². The first-order valence-corrected chi connectivity index (χ1v) is 5.81. The first kappa shape index (κ1) is 12.7. The third-order valence-electron chi connectivity index (χ3n) is 2.35. The highest BCUT2D eigenvalue weighted by atomic mass is 79.9. The van der Waals surface area contributed by atoms with Gasteiger partial charge in [-0.05, 0) is 22.0 Å². The summed E-state index contributed by atoms with van der Waals surface area (Å²) >= 11 is 9.12. The number of aromatic nitrogens is 1. The molecule has 1 aromatic heterocycles. The monoisotopic (exact) mass is 329 g/mol. The minimum absolute atomic E-state index is 0.0955. The largest absolute Gasteiger partial charge is 0.364 e. The van der Waals surface area contributed by atoms with Gasteiger partial charge in [0, 0.05) is 17.6 Å². The first-order chi connectivity index (χ1) is 8.43. The molecule has 0 unspecified atom stereocenters. The molecule has 0 aliphatic carbocycles. The summed E-state index contributed by atoms with van der Waals surface area (Å²) in [6.07, 6.45) is 1.28. The van der Waals surface area contributed by atoms with Crippen molar-refractivity contribution in [3.8, 4) is 0 Å². The van der Waals surface area contributed by atoms with Gasteiger partial charge in [0.05, 0.1) is 19.8 Å². The Labute approximate surface area is 114 Å². The van der Waals surface area contributed by atoms with Crippen LogP contribution in [0.1, 0.15) is 10.5 Å². The van der Waals surface area contributed by atoms with E-state index in [0.717, 1.165) is 0 Å². The van der Waals surface area contributed by atoms with Gasteiger partial charge in [-0.25, -0.2) is 4.98 Å². The Morgan fingerprint density at radius 1 is 1.44 bits per heavy atom. The molecule has 2 rings (SSSR count). The second kappa shape index (κ2) is 4.51. The summed E-state index contributed by atoms with van der Waals surface area (Å²) in [6, 6.07) is 2.60. The number of pyridine rings is 1. The van der Waals surface area contributed by atoms with Crippen LogP contribution in [0.5, 0.6) is 0 Å². The van der Waals surface area contributed by atoms with Crippen LogP contribution in [0.3, 0.4) is 0 Å². The van der Waals surface area contributed by atoms with Gasteiger partial charge in [0.15, 0.2) is 0 Å². The molecule has 92 valence electrons. The number of halogens is 2. The van der Waals surface area contributed by atoms with Crippen LogP contribution in [-0.4, -0.2) is 15.8 Å². The third kappa shape index (κ3) is 1.91. The lowest BCUT2D eigenvalue weighted by atomic mass is 10.1. The van der Waals surface area contributed by atoms with Crippen molar-refractivity contribution in [1.29, 1.82) is 0 Å². The molecule has 18 heavy (non-hydrogen) atoms. The molecular weight excluding hydrogens is 325 g/mol. The van der Waals surface area contributed by atoms with Crippen molar-refractivity contribution in [1.82, 2.24) is 4.98 Å². The molecule has 8 heteroatoms. The SMILES string of the molecule is NC(=O)c1ncc(Br)c2c([N+](=O)[O-])ccc(Cl)c12. The minimum Gasteiger partial charge on any atom is -0.364 e. The van der Waals surface area contributed by atoms with E-state index in [1.165, 1.54) is 18.3 Å². The van der Waals surface area contributed by atoms with Crippen LogP contribution in [0.15, 0.2) is 22.8 Å². The van der Waals surface area contributed by atoms with Crippen molar-refractivity contribution in [3.63, 3.8) is 0 Å².